The van der Waals surface area contributed by atoms with E-state index in [-0.39, 0.29) is 18.1 Å². The molecule has 2 heterocycles. The van der Waals surface area contributed by atoms with Crippen LogP contribution in [0.5, 0.6) is 17.2 Å². The molecule has 2 aromatic carbocycles. The number of methoxy groups -OCH3 is 1. The van der Waals surface area contributed by atoms with Crippen molar-refractivity contribution in [2.45, 2.75) is 12.5 Å². The molecule has 0 bridgehead atoms. The Morgan fingerprint density at radius 1 is 1.21 bits per heavy atom. The van der Waals surface area contributed by atoms with Crippen molar-refractivity contribution < 1.29 is 33.0 Å². The van der Waals surface area contributed by atoms with Crippen molar-refractivity contribution in [1.29, 1.82) is 0 Å². The molecule has 3 amide bonds. The first-order chi connectivity index (χ1) is 13.8. The number of hydrogen-bond acceptors (Lipinski definition) is 6. The number of ketones is 1. The Kier molecular flexibility index (Phi) is 4.37. The molecule has 29 heavy (non-hydrogen) atoms. The van der Waals surface area contributed by atoms with Gasteiger partial charge in [-0.1, -0.05) is 6.07 Å². The van der Waals surface area contributed by atoms with Crippen LogP contribution >= 0.6 is 0 Å². The van der Waals surface area contributed by atoms with E-state index >= 15 is 0 Å². The summed E-state index contributed by atoms with van der Waals surface area (Å²) in [4.78, 5) is 38.8. The molecule has 2 aromatic rings. The summed E-state index contributed by atoms with van der Waals surface area (Å²) in [6.07, 6.45) is 0. The lowest BCUT2D eigenvalue weighted by Crippen LogP contribution is -2.41. The van der Waals surface area contributed by atoms with Crippen LogP contribution in [-0.4, -0.2) is 43.1 Å². The number of hydrogen-bond donors (Lipinski definition) is 1. The molecule has 0 unspecified atom stereocenters. The molecule has 9 heteroatoms. The van der Waals surface area contributed by atoms with Gasteiger partial charge in [-0.05, 0) is 42.8 Å². The van der Waals surface area contributed by atoms with E-state index in [1.807, 2.05) is 0 Å². The van der Waals surface area contributed by atoms with E-state index in [9.17, 15) is 18.8 Å². The van der Waals surface area contributed by atoms with Gasteiger partial charge in [-0.15, -0.1) is 0 Å². The SMILES string of the molecule is COc1ccc(C(=O)CN2C(=O)N[C@](C)(c3ccc4c(c3)OCO4)C2=O)cc1F. The molecule has 2 aliphatic heterocycles. The average Bonchev–Trinajstić information content (AvgIpc) is 3.26. The molecular weight excluding hydrogens is 383 g/mol. The maximum Gasteiger partial charge on any atom is 0.325 e. The number of nitrogens with one attached hydrogen (secondary N) is 1. The molecule has 0 aromatic heterocycles. The van der Waals surface area contributed by atoms with Crippen molar-refractivity contribution in [1.82, 2.24) is 10.2 Å². The van der Waals surface area contributed by atoms with Gasteiger partial charge in [0.1, 0.15) is 5.54 Å². The van der Waals surface area contributed by atoms with Gasteiger partial charge in [0, 0.05) is 5.56 Å². The molecule has 1 fully saturated rings. The summed E-state index contributed by atoms with van der Waals surface area (Å²) in [5.74, 6) is -0.877. The Morgan fingerprint density at radius 2 is 1.97 bits per heavy atom. The number of ether oxygens (including phenoxy) is 3. The van der Waals surface area contributed by atoms with E-state index in [4.69, 9.17) is 14.2 Å². The van der Waals surface area contributed by atoms with Crippen LogP contribution in [0.15, 0.2) is 36.4 Å². The van der Waals surface area contributed by atoms with Crippen LogP contribution in [-0.2, 0) is 10.3 Å². The lowest BCUT2D eigenvalue weighted by atomic mass is 9.91. The summed E-state index contributed by atoms with van der Waals surface area (Å²) in [5.41, 5.74) is -0.852. The number of urea groups is 1. The highest BCUT2D eigenvalue weighted by Gasteiger charge is 2.49. The van der Waals surface area contributed by atoms with Crippen LogP contribution in [0, 0.1) is 5.82 Å². The van der Waals surface area contributed by atoms with Crippen molar-refractivity contribution in [3.05, 3.63) is 53.3 Å². The zero-order chi connectivity index (χ0) is 20.8. The molecule has 0 saturated carbocycles. The Labute approximate surface area is 165 Å². The number of imide groups is 1. The lowest BCUT2D eigenvalue weighted by molar-refractivity contribution is -0.130. The summed E-state index contributed by atoms with van der Waals surface area (Å²) in [7, 11) is 1.31. The molecular formula is C20H17FN2O6. The molecule has 4 rings (SSSR count). The summed E-state index contributed by atoms with van der Waals surface area (Å²) in [5, 5.41) is 2.62. The third kappa shape index (κ3) is 3.04. The highest BCUT2D eigenvalue weighted by molar-refractivity contribution is 6.11. The molecule has 1 saturated heterocycles. The highest BCUT2D eigenvalue weighted by atomic mass is 19.1. The predicted molar refractivity (Wildman–Crippen MR) is 97.4 cm³/mol. The molecule has 150 valence electrons. The first-order valence-corrected chi connectivity index (χ1v) is 8.74. The molecule has 0 spiro atoms. The van der Waals surface area contributed by atoms with Crippen LogP contribution in [0.1, 0.15) is 22.8 Å². The van der Waals surface area contributed by atoms with Gasteiger partial charge in [-0.3, -0.25) is 14.5 Å². The molecule has 0 radical (unpaired) electrons. The third-order valence-electron chi connectivity index (χ3n) is 5.00. The monoisotopic (exact) mass is 400 g/mol. The Morgan fingerprint density at radius 3 is 2.69 bits per heavy atom. The number of carbonyl (C=O) groups is 3. The van der Waals surface area contributed by atoms with E-state index in [0.29, 0.717) is 17.1 Å². The number of fused-ring (bicyclic) bond motifs is 1. The largest absolute Gasteiger partial charge is 0.494 e. The van der Waals surface area contributed by atoms with Gasteiger partial charge in [0.2, 0.25) is 6.79 Å². The van der Waals surface area contributed by atoms with Gasteiger partial charge >= 0.3 is 6.03 Å². The zero-order valence-electron chi connectivity index (χ0n) is 15.7. The standard InChI is InChI=1S/C20H17FN2O6/c1-20(12-4-6-16-17(8-12)29-10-28-16)18(25)23(19(26)22-20)9-14(24)11-3-5-15(27-2)13(21)7-11/h3-8H,9-10H2,1-2H3,(H,22,26)/t20-/m1/s1. The zero-order valence-corrected chi connectivity index (χ0v) is 15.7. The Balaban J connectivity index is 1.56. The van der Waals surface area contributed by atoms with Gasteiger partial charge in [-0.2, -0.15) is 0 Å². The number of nitrogens with zero attached hydrogens (tertiary/aromatic N) is 1. The summed E-state index contributed by atoms with van der Waals surface area (Å²) in [6, 6.07) is 7.90. The maximum atomic E-state index is 13.9. The van der Waals surface area contributed by atoms with Crippen molar-refractivity contribution in [2.75, 3.05) is 20.4 Å². The minimum atomic E-state index is -1.37. The van der Waals surface area contributed by atoms with E-state index in [0.717, 1.165) is 11.0 Å². The quantitative estimate of drug-likeness (QED) is 0.611. The van der Waals surface area contributed by atoms with Gasteiger partial charge in [0.25, 0.3) is 5.91 Å². The topological polar surface area (TPSA) is 94.2 Å². The molecule has 2 aliphatic rings. The second kappa shape index (κ2) is 6.77. The Bertz CT molecular complexity index is 1040. The summed E-state index contributed by atoms with van der Waals surface area (Å²) >= 11 is 0. The average molecular weight is 400 g/mol. The van der Waals surface area contributed by atoms with Gasteiger partial charge in [0.05, 0.1) is 13.7 Å². The van der Waals surface area contributed by atoms with Crippen LogP contribution < -0.4 is 19.5 Å². The van der Waals surface area contributed by atoms with Crippen LogP contribution in [0.2, 0.25) is 0 Å². The van der Waals surface area contributed by atoms with Crippen LogP contribution in [0.25, 0.3) is 0 Å². The number of amides is 3. The maximum absolute atomic E-state index is 13.9. The fourth-order valence-electron chi connectivity index (χ4n) is 3.32. The first-order valence-electron chi connectivity index (χ1n) is 8.74. The van der Waals surface area contributed by atoms with Crippen molar-refractivity contribution in [3.8, 4) is 17.2 Å². The van der Waals surface area contributed by atoms with E-state index < -0.39 is 35.6 Å². The number of rotatable bonds is 5. The molecule has 8 nitrogen and oxygen atoms in total. The van der Waals surface area contributed by atoms with E-state index in [1.165, 1.54) is 19.2 Å². The number of halogens is 1. The van der Waals surface area contributed by atoms with Crippen molar-refractivity contribution in [3.63, 3.8) is 0 Å². The normalized spacial score (nSPS) is 20.0. The van der Waals surface area contributed by atoms with Gasteiger partial charge < -0.3 is 19.5 Å². The minimum absolute atomic E-state index is 0.00748. The van der Waals surface area contributed by atoms with E-state index in [1.54, 1.807) is 25.1 Å². The molecule has 1 atom stereocenters. The lowest BCUT2D eigenvalue weighted by Gasteiger charge is -2.22. The molecule has 0 aliphatic carbocycles. The number of carbonyl (C=O) groups excluding carboxylic acids is 3. The number of benzene rings is 2. The van der Waals surface area contributed by atoms with E-state index in [2.05, 4.69) is 5.32 Å². The molecule has 1 N–H and O–H groups in total. The first kappa shape index (κ1) is 18.7. The predicted octanol–water partition coefficient (Wildman–Crippen LogP) is 2.21. The van der Waals surface area contributed by atoms with Crippen LogP contribution in [0.3, 0.4) is 0 Å². The third-order valence-corrected chi connectivity index (χ3v) is 5.00. The smallest absolute Gasteiger partial charge is 0.325 e. The fourth-order valence-corrected chi connectivity index (χ4v) is 3.32. The number of Topliss-reactive ketones (excluding diaryl/α,β-unsaturated/α-hetero) is 1. The van der Waals surface area contributed by atoms with Gasteiger partial charge in [0.15, 0.2) is 28.8 Å². The fraction of sp³-hybridized carbons (Fsp3) is 0.250. The van der Waals surface area contributed by atoms with Crippen LogP contribution in [0.4, 0.5) is 9.18 Å². The van der Waals surface area contributed by atoms with Crippen molar-refractivity contribution in [2.24, 2.45) is 0 Å². The minimum Gasteiger partial charge on any atom is -0.494 e. The Hall–Kier alpha value is -3.62. The summed E-state index contributed by atoms with van der Waals surface area (Å²) < 4.78 is 29.3. The second-order valence-corrected chi connectivity index (χ2v) is 6.79. The summed E-state index contributed by atoms with van der Waals surface area (Å²) in [6.45, 7) is 1.10. The van der Waals surface area contributed by atoms with Gasteiger partial charge in [-0.25, -0.2) is 9.18 Å². The second-order valence-electron chi connectivity index (χ2n) is 6.79. The van der Waals surface area contributed by atoms with Crippen molar-refractivity contribution >= 4 is 17.7 Å². The highest BCUT2D eigenvalue weighted by Crippen LogP contribution is 2.37.